The molecule has 0 aromatic heterocycles. The minimum absolute atomic E-state index is 0. The Balaban J connectivity index is -0.000000827. The van der Waals surface area contributed by atoms with Crippen molar-refractivity contribution in [1.29, 1.82) is 0 Å². The van der Waals surface area contributed by atoms with Crippen LogP contribution in [0, 0.1) is 64.2 Å². The van der Waals surface area contributed by atoms with E-state index in [1.165, 1.54) is 0 Å². The van der Waals surface area contributed by atoms with E-state index in [-0.39, 0.29) is 70.7 Å². The van der Waals surface area contributed by atoms with Crippen LogP contribution < -0.4 is 10.9 Å². The van der Waals surface area contributed by atoms with E-state index in [0.29, 0.717) is 0 Å². The normalized spacial score (nSPS) is 10.7. The Morgan fingerprint density at radius 1 is 0.531 bits per heavy atom. The Bertz CT molecular complexity index is 866. The van der Waals surface area contributed by atoms with Crippen molar-refractivity contribution in [3.8, 4) is 0 Å². The monoisotopic (exact) mass is 608 g/mol. The molecule has 0 atom stereocenters. The van der Waals surface area contributed by atoms with Crippen molar-refractivity contribution in [3.63, 3.8) is 0 Å². The molecule has 0 spiro atoms. The number of hydrogen-bond donors (Lipinski definition) is 0. The summed E-state index contributed by atoms with van der Waals surface area (Å²) in [7, 11) is -0.369. The Hall–Kier alpha value is -0.962. The first-order chi connectivity index (χ1) is 13.1. The number of halogens is 13. The molecule has 0 amide bonds. The van der Waals surface area contributed by atoms with Crippen molar-refractivity contribution in [1.82, 2.24) is 0 Å². The molecule has 0 unspecified atom stereocenters. The quantitative estimate of drug-likeness (QED) is 0.142. The van der Waals surface area contributed by atoms with Gasteiger partial charge in [0.15, 0.2) is 58.2 Å². The van der Waals surface area contributed by atoms with Crippen LogP contribution in [0.5, 0.6) is 0 Å². The summed E-state index contributed by atoms with van der Waals surface area (Å²) in [6.45, 7) is 0. The first-order valence-corrected chi connectivity index (χ1v) is 7.18. The molecule has 32 heavy (non-hydrogen) atoms. The summed E-state index contributed by atoms with van der Waals surface area (Å²) in [4.78, 5) is 0. The largest absolute Gasteiger partial charge is 0.273 e. The standard InChI is InChI=1S/C12BF10.C5H5.3ClH.Zr/c14-3-1(4(15)8(19)11(22)7(3)18)13-2-5(16)9(20)12(23)10(21)6(2)17;1-2-4-5-3-1;;;;/h;1-3H,4H2;3*1H;/q;-1;;;;. The number of rotatable bonds is 2. The van der Waals surface area contributed by atoms with Gasteiger partial charge in [-0.1, -0.05) is 0 Å². The van der Waals surface area contributed by atoms with Gasteiger partial charge in [-0.05, 0) is 10.9 Å². The first kappa shape index (κ1) is 35.6. The summed E-state index contributed by atoms with van der Waals surface area (Å²) in [6, 6.07) is 0. The maximum atomic E-state index is 13.4. The molecule has 1 aliphatic rings. The average Bonchev–Trinajstić information content (AvgIpc) is 3.27. The van der Waals surface area contributed by atoms with Gasteiger partial charge in [0.05, 0.1) is 0 Å². The van der Waals surface area contributed by atoms with Crippen molar-refractivity contribution in [3.05, 3.63) is 82.5 Å². The number of benzene rings is 2. The third kappa shape index (κ3) is 7.27. The van der Waals surface area contributed by atoms with E-state index in [9.17, 15) is 43.9 Å². The smallest absolute Gasteiger partial charge is 0.207 e. The van der Waals surface area contributed by atoms with Crippen molar-refractivity contribution >= 4 is 55.4 Å². The van der Waals surface area contributed by atoms with Crippen molar-refractivity contribution in [2.75, 3.05) is 0 Å². The topological polar surface area (TPSA) is 0 Å². The molecule has 2 aromatic rings. The molecule has 15 heteroatoms. The van der Waals surface area contributed by atoms with Crippen LogP contribution in [0.15, 0.2) is 18.2 Å². The molecule has 3 rings (SSSR count). The third-order valence-corrected chi connectivity index (χ3v) is 3.36. The van der Waals surface area contributed by atoms with Crippen LogP contribution in [0.1, 0.15) is 6.42 Å². The van der Waals surface area contributed by atoms with Gasteiger partial charge in [0.2, 0.25) is 7.28 Å². The molecule has 0 aliphatic heterocycles. The summed E-state index contributed by atoms with van der Waals surface area (Å²) in [5.74, 6) is -24.9. The summed E-state index contributed by atoms with van der Waals surface area (Å²) in [6.07, 6.45) is 10.0. The van der Waals surface area contributed by atoms with Crippen LogP contribution >= 0.6 is 37.2 Å². The maximum Gasteiger partial charge on any atom is 0.207 e. The molecule has 1 aliphatic carbocycles. The van der Waals surface area contributed by atoms with Crippen molar-refractivity contribution in [2.45, 2.75) is 6.42 Å². The minimum atomic E-state index is -2.55. The number of allylic oxidation sites excluding steroid dienone is 4. The molecule has 0 saturated carbocycles. The van der Waals surface area contributed by atoms with Crippen molar-refractivity contribution in [2.24, 2.45) is 0 Å². The molecule has 0 heterocycles. The van der Waals surface area contributed by atoms with E-state index in [1.54, 1.807) is 0 Å². The zero-order chi connectivity index (χ0) is 21.2. The molecule has 0 nitrogen and oxygen atoms in total. The molecule has 2 aromatic carbocycles. The average molecular weight is 611 g/mol. The van der Waals surface area contributed by atoms with Crippen LogP contribution in [-0.2, 0) is 26.2 Å². The second kappa shape index (κ2) is 15.0. The zero-order valence-corrected chi connectivity index (χ0v) is 19.9. The molecule has 175 valence electrons. The van der Waals surface area contributed by atoms with Gasteiger partial charge in [0.1, 0.15) is 0 Å². The SMILES string of the molecule is Cl.Cl.Cl.Fc1c(F)c(F)c([B]c2c(F)c(F)c(F)c(F)c2F)c(F)c1F.[C-]1=CC=CC1.[Zr]. The van der Waals surface area contributed by atoms with Gasteiger partial charge in [-0.2, -0.15) is 6.08 Å². The number of hydrogen-bond acceptors (Lipinski definition) is 0. The fourth-order valence-electron chi connectivity index (χ4n) is 1.98. The van der Waals surface area contributed by atoms with Gasteiger partial charge in [-0.25, -0.2) is 56.1 Å². The van der Waals surface area contributed by atoms with Crippen LogP contribution in [0.4, 0.5) is 43.9 Å². The van der Waals surface area contributed by atoms with Gasteiger partial charge in [0.25, 0.3) is 0 Å². The molecule has 0 bridgehead atoms. The second-order valence-corrected chi connectivity index (χ2v) is 5.11. The van der Waals surface area contributed by atoms with E-state index in [2.05, 4.69) is 12.2 Å². The Labute approximate surface area is 213 Å². The fraction of sp³-hybridized carbons (Fsp3) is 0.0588. The Kier molecular flexibility index (Phi) is 16.7. The summed E-state index contributed by atoms with van der Waals surface area (Å²) < 4.78 is 131. The second-order valence-electron chi connectivity index (χ2n) is 5.11. The van der Waals surface area contributed by atoms with Crippen LogP contribution in [0.2, 0.25) is 0 Å². The van der Waals surface area contributed by atoms with E-state index in [0.717, 1.165) is 6.42 Å². The summed E-state index contributed by atoms with van der Waals surface area (Å²) in [5, 5.41) is 0. The third-order valence-electron chi connectivity index (χ3n) is 3.36. The minimum Gasteiger partial charge on any atom is -0.273 e. The predicted molar refractivity (Wildman–Crippen MR) is 101 cm³/mol. The fourth-order valence-corrected chi connectivity index (χ4v) is 1.98. The predicted octanol–water partition coefficient (Wildman–Crippen LogP) is 5.30. The Morgan fingerprint density at radius 2 is 0.812 bits per heavy atom. The molecule has 0 fully saturated rings. The summed E-state index contributed by atoms with van der Waals surface area (Å²) in [5.41, 5.74) is -3.71. The van der Waals surface area contributed by atoms with Crippen LogP contribution in [0.25, 0.3) is 0 Å². The van der Waals surface area contributed by atoms with Gasteiger partial charge in [0, 0.05) is 26.2 Å². The van der Waals surface area contributed by atoms with Crippen LogP contribution in [0.3, 0.4) is 0 Å². The van der Waals surface area contributed by atoms with E-state index in [4.69, 9.17) is 0 Å². The van der Waals surface area contributed by atoms with Crippen molar-refractivity contribution < 1.29 is 70.1 Å². The van der Waals surface area contributed by atoms with E-state index >= 15 is 0 Å². The maximum absolute atomic E-state index is 13.4. The van der Waals surface area contributed by atoms with Gasteiger partial charge in [-0.3, -0.25) is 6.08 Å². The Morgan fingerprint density at radius 3 is 1.00 bits per heavy atom. The molecule has 1 radical (unpaired) electrons. The molecular formula is C17H8BCl3F10Zr-. The van der Waals surface area contributed by atoms with E-state index < -0.39 is 69.1 Å². The van der Waals surface area contributed by atoms with E-state index in [1.807, 2.05) is 12.2 Å². The van der Waals surface area contributed by atoms with Gasteiger partial charge >= 0.3 is 0 Å². The summed E-state index contributed by atoms with van der Waals surface area (Å²) >= 11 is 0. The molecule has 0 saturated heterocycles. The molecule has 0 N–H and O–H groups in total. The first-order valence-electron chi connectivity index (χ1n) is 7.18. The van der Waals surface area contributed by atoms with Gasteiger partial charge in [-0.15, -0.1) is 43.6 Å². The zero-order valence-electron chi connectivity index (χ0n) is 15.0. The van der Waals surface area contributed by atoms with Gasteiger partial charge < -0.3 is 0 Å². The van der Waals surface area contributed by atoms with Crippen LogP contribution in [-0.4, -0.2) is 7.28 Å². The molecular weight excluding hydrogens is 603 g/mol.